The van der Waals surface area contributed by atoms with Crippen LogP contribution in [0, 0.1) is 13.8 Å². The topological polar surface area (TPSA) is 67.1 Å². The second-order valence-electron chi connectivity index (χ2n) is 8.02. The lowest BCUT2D eigenvalue weighted by Crippen LogP contribution is -2.32. The van der Waals surface area contributed by atoms with Crippen LogP contribution in [0.4, 0.5) is 0 Å². The third kappa shape index (κ3) is 6.31. The van der Waals surface area contributed by atoms with Gasteiger partial charge in [0.2, 0.25) is 0 Å². The number of hydrogen-bond donors (Lipinski definition) is 2. The van der Waals surface area contributed by atoms with Crippen molar-refractivity contribution in [2.45, 2.75) is 33.0 Å². The molecule has 0 bridgehead atoms. The number of hydrogen-bond acceptors (Lipinski definition) is 5. The van der Waals surface area contributed by atoms with Gasteiger partial charge in [-0.25, -0.2) is 0 Å². The van der Waals surface area contributed by atoms with E-state index < -0.39 is 6.10 Å². The van der Waals surface area contributed by atoms with Gasteiger partial charge in [-0.15, -0.1) is 0 Å². The summed E-state index contributed by atoms with van der Waals surface area (Å²) < 4.78 is 13.0. The van der Waals surface area contributed by atoms with Crippen LogP contribution in [0.25, 0.3) is 10.9 Å². The van der Waals surface area contributed by atoms with Crippen LogP contribution < -0.4 is 4.74 Å². The summed E-state index contributed by atoms with van der Waals surface area (Å²) in [5.41, 5.74) is 4.83. The van der Waals surface area contributed by atoms with E-state index in [4.69, 9.17) is 14.6 Å². The van der Waals surface area contributed by atoms with Gasteiger partial charge in [-0.2, -0.15) is 0 Å². The van der Waals surface area contributed by atoms with Crippen molar-refractivity contribution in [3.63, 3.8) is 0 Å². The molecule has 3 rings (SSSR count). The quantitative estimate of drug-likeness (QED) is 0.436. The van der Waals surface area contributed by atoms with Gasteiger partial charge in [0, 0.05) is 29.7 Å². The van der Waals surface area contributed by atoms with E-state index in [-0.39, 0.29) is 6.61 Å². The van der Waals surface area contributed by atoms with Crippen molar-refractivity contribution in [3.05, 3.63) is 65.4 Å². The molecule has 2 N–H and O–H groups in total. The molecule has 0 aliphatic carbocycles. The van der Waals surface area contributed by atoms with Gasteiger partial charge in [-0.05, 0) is 50.2 Å². The number of nitrogens with zero attached hydrogens (tertiary/aromatic N) is 2. The molecular weight excluding hydrogens is 392 g/mol. The van der Waals surface area contributed by atoms with Gasteiger partial charge in [-0.1, -0.05) is 30.3 Å². The average Bonchev–Trinajstić information content (AvgIpc) is 3.00. The molecule has 0 amide bonds. The predicted octanol–water partition coefficient (Wildman–Crippen LogP) is 3.14. The number of para-hydroxylation sites is 1. The van der Waals surface area contributed by atoms with Gasteiger partial charge in [0.1, 0.15) is 12.4 Å². The van der Waals surface area contributed by atoms with E-state index >= 15 is 0 Å². The average molecular weight is 427 g/mol. The summed E-state index contributed by atoms with van der Waals surface area (Å²) in [4.78, 5) is 2.14. The summed E-state index contributed by atoms with van der Waals surface area (Å²) in [5, 5.41) is 20.7. The first-order chi connectivity index (χ1) is 15.0. The molecule has 1 atom stereocenters. The second kappa shape index (κ2) is 11.3. The number of likely N-dealkylation sites (N-methyl/N-ethyl adjacent to an activating group) is 1. The number of aromatic nitrogens is 1. The Labute approximate surface area is 184 Å². The number of benzene rings is 2. The summed E-state index contributed by atoms with van der Waals surface area (Å²) in [6.45, 7) is 7.45. The van der Waals surface area contributed by atoms with Gasteiger partial charge >= 0.3 is 0 Å². The fraction of sp³-hybridized carbons (Fsp3) is 0.440. The van der Waals surface area contributed by atoms with Crippen LogP contribution in [-0.2, 0) is 17.8 Å². The predicted molar refractivity (Wildman–Crippen MR) is 124 cm³/mol. The van der Waals surface area contributed by atoms with Gasteiger partial charge < -0.3 is 24.3 Å². The molecule has 0 unspecified atom stereocenters. The molecule has 0 saturated carbocycles. The molecular formula is C25H34N2O4. The first-order valence-corrected chi connectivity index (χ1v) is 10.8. The molecule has 1 aromatic heterocycles. The third-order valence-electron chi connectivity index (χ3n) is 5.57. The summed E-state index contributed by atoms with van der Waals surface area (Å²) in [6, 6.07) is 16.3. The smallest absolute Gasteiger partial charge is 0.119 e. The van der Waals surface area contributed by atoms with Gasteiger partial charge in [0.25, 0.3) is 0 Å². The summed E-state index contributed by atoms with van der Waals surface area (Å²) >= 11 is 0. The SMILES string of the molecule is Cc1c(C)n(C[C@@H](O)CN(C)Cc2ccc(OCCOCCO)cc2)c2ccccc12. The Morgan fingerprint density at radius 3 is 2.48 bits per heavy atom. The van der Waals surface area contributed by atoms with Gasteiger partial charge in [-0.3, -0.25) is 4.90 Å². The Kier molecular flexibility index (Phi) is 8.49. The van der Waals surface area contributed by atoms with E-state index in [2.05, 4.69) is 41.5 Å². The van der Waals surface area contributed by atoms with Crippen molar-refractivity contribution in [2.24, 2.45) is 0 Å². The van der Waals surface area contributed by atoms with E-state index in [0.29, 0.717) is 32.9 Å². The first-order valence-electron chi connectivity index (χ1n) is 10.8. The van der Waals surface area contributed by atoms with Crippen molar-refractivity contribution < 1.29 is 19.7 Å². The molecule has 0 radical (unpaired) electrons. The van der Waals surface area contributed by atoms with Crippen molar-refractivity contribution in [2.75, 3.05) is 40.0 Å². The third-order valence-corrected chi connectivity index (χ3v) is 5.57. The fourth-order valence-corrected chi connectivity index (χ4v) is 3.92. The number of aliphatic hydroxyl groups excluding tert-OH is 2. The number of ether oxygens (including phenoxy) is 2. The highest BCUT2D eigenvalue weighted by Gasteiger charge is 2.15. The van der Waals surface area contributed by atoms with Crippen LogP contribution in [0.5, 0.6) is 5.75 Å². The minimum atomic E-state index is -0.458. The van der Waals surface area contributed by atoms with E-state index in [1.807, 2.05) is 37.4 Å². The molecule has 3 aromatic rings. The molecule has 0 aliphatic heterocycles. The van der Waals surface area contributed by atoms with Crippen molar-refractivity contribution in [3.8, 4) is 5.75 Å². The molecule has 0 aliphatic rings. The first kappa shape index (κ1) is 23.3. The molecule has 31 heavy (non-hydrogen) atoms. The largest absolute Gasteiger partial charge is 0.491 e. The van der Waals surface area contributed by atoms with E-state index in [1.54, 1.807) is 0 Å². The van der Waals surface area contributed by atoms with Gasteiger partial charge in [0.05, 0.1) is 32.5 Å². The number of aryl methyl sites for hydroxylation is 1. The highest BCUT2D eigenvalue weighted by atomic mass is 16.5. The summed E-state index contributed by atoms with van der Waals surface area (Å²) in [6.07, 6.45) is -0.458. The Bertz CT molecular complexity index is 952. The number of aliphatic hydroxyl groups is 2. The summed E-state index contributed by atoms with van der Waals surface area (Å²) in [5.74, 6) is 0.796. The van der Waals surface area contributed by atoms with Crippen LogP contribution in [0.3, 0.4) is 0 Å². The maximum Gasteiger partial charge on any atom is 0.119 e. The minimum Gasteiger partial charge on any atom is -0.491 e. The minimum absolute atomic E-state index is 0.0260. The van der Waals surface area contributed by atoms with Crippen LogP contribution in [0.1, 0.15) is 16.8 Å². The number of fused-ring (bicyclic) bond motifs is 1. The highest BCUT2D eigenvalue weighted by Crippen LogP contribution is 2.25. The maximum absolute atomic E-state index is 10.7. The molecule has 168 valence electrons. The lowest BCUT2D eigenvalue weighted by Gasteiger charge is -2.22. The van der Waals surface area contributed by atoms with E-state index in [0.717, 1.165) is 17.9 Å². The standard InChI is InChI=1S/C25H34N2O4/c1-19-20(2)27(25-7-5-4-6-24(19)25)18-22(29)17-26(3)16-21-8-10-23(11-9-21)31-15-14-30-13-12-28/h4-11,22,28-29H,12-18H2,1-3H3/t22-/m0/s1. The molecule has 6 heteroatoms. The van der Waals surface area contributed by atoms with Crippen LogP contribution in [0.15, 0.2) is 48.5 Å². The zero-order valence-corrected chi connectivity index (χ0v) is 18.8. The number of rotatable bonds is 12. The molecule has 2 aromatic carbocycles. The lowest BCUT2D eigenvalue weighted by atomic mass is 10.2. The fourth-order valence-electron chi connectivity index (χ4n) is 3.92. The van der Waals surface area contributed by atoms with Crippen LogP contribution >= 0.6 is 0 Å². The van der Waals surface area contributed by atoms with Crippen molar-refractivity contribution in [1.82, 2.24) is 9.47 Å². The van der Waals surface area contributed by atoms with Crippen LogP contribution in [-0.4, -0.2) is 65.8 Å². The zero-order valence-electron chi connectivity index (χ0n) is 18.8. The van der Waals surface area contributed by atoms with E-state index in [1.165, 1.54) is 22.2 Å². The molecule has 0 saturated heterocycles. The highest BCUT2D eigenvalue weighted by molar-refractivity contribution is 5.85. The zero-order chi connectivity index (χ0) is 22.2. The van der Waals surface area contributed by atoms with Gasteiger partial charge in [0.15, 0.2) is 0 Å². The molecule has 0 spiro atoms. The maximum atomic E-state index is 10.7. The van der Waals surface area contributed by atoms with Crippen LogP contribution in [0.2, 0.25) is 0 Å². The Balaban J connectivity index is 1.49. The Hall–Kier alpha value is -2.38. The van der Waals surface area contributed by atoms with Crippen molar-refractivity contribution >= 4 is 10.9 Å². The Morgan fingerprint density at radius 2 is 1.74 bits per heavy atom. The monoisotopic (exact) mass is 426 g/mol. The molecule has 0 fully saturated rings. The molecule has 1 heterocycles. The molecule has 6 nitrogen and oxygen atoms in total. The second-order valence-corrected chi connectivity index (χ2v) is 8.02. The Morgan fingerprint density at radius 1 is 1.00 bits per heavy atom. The van der Waals surface area contributed by atoms with E-state index in [9.17, 15) is 5.11 Å². The lowest BCUT2D eigenvalue weighted by molar-refractivity contribution is 0.0705. The summed E-state index contributed by atoms with van der Waals surface area (Å²) in [7, 11) is 2.03. The van der Waals surface area contributed by atoms with Crippen molar-refractivity contribution in [1.29, 1.82) is 0 Å². The normalized spacial score (nSPS) is 12.6.